The molecule has 0 spiro atoms. The Bertz CT molecular complexity index is 537. The number of hydrogen-bond acceptors (Lipinski definition) is 3. The summed E-state index contributed by atoms with van der Waals surface area (Å²) in [5.74, 6) is 0.135. The smallest absolute Gasteiger partial charge is 0.225 e. The molecule has 0 bridgehead atoms. The van der Waals surface area contributed by atoms with E-state index in [1.165, 1.54) is 12.1 Å². The molecule has 0 radical (unpaired) electrons. The van der Waals surface area contributed by atoms with Crippen LogP contribution in [0.5, 0.6) is 0 Å². The van der Waals surface area contributed by atoms with Gasteiger partial charge in [-0.05, 0) is 25.0 Å². The van der Waals surface area contributed by atoms with Crippen molar-refractivity contribution in [2.75, 3.05) is 16.8 Å². The van der Waals surface area contributed by atoms with Gasteiger partial charge in [-0.1, -0.05) is 36.0 Å². The monoisotopic (exact) mass is 348 g/mol. The summed E-state index contributed by atoms with van der Waals surface area (Å²) in [6, 6.07) is 3.06. The molecule has 1 atom stereocenters. The van der Waals surface area contributed by atoms with Crippen LogP contribution in [0.1, 0.15) is 32.1 Å². The van der Waals surface area contributed by atoms with Crippen molar-refractivity contribution in [1.29, 1.82) is 0 Å². The summed E-state index contributed by atoms with van der Waals surface area (Å²) < 4.78 is 12.0. The number of carbonyl (C=O) groups is 1. The number of halogens is 2. The first-order chi connectivity index (χ1) is 9.97. The van der Waals surface area contributed by atoms with Crippen LogP contribution in [0, 0.1) is 0 Å². The first-order valence-electron chi connectivity index (χ1n) is 6.89. The minimum absolute atomic E-state index is 0.195. The van der Waals surface area contributed by atoms with E-state index < -0.39 is 10.8 Å². The Labute approximate surface area is 136 Å². The Hall–Kier alpha value is -0.780. The summed E-state index contributed by atoms with van der Waals surface area (Å²) in [7, 11) is -0.935. The van der Waals surface area contributed by atoms with E-state index in [0.29, 0.717) is 27.2 Å². The van der Waals surface area contributed by atoms with E-state index in [4.69, 9.17) is 28.9 Å². The summed E-state index contributed by atoms with van der Waals surface area (Å²) >= 11 is 12.0. The van der Waals surface area contributed by atoms with Crippen molar-refractivity contribution in [2.45, 2.75) is 37.4 Å². The number of nitrogen functional groups attached to an aromatic ring is 1. The predicted molar refractivity (Wildman–Crippen MR) is 89.4 cm³/mol. The average molecular weight is 349 g/mol. The van der Waals surface area contributed by atoms with E-state index in [-0.39, 0.29) is 17.6 Å². The lowest BCUT2D eigenvalue weighted by Crippen LogP contribution is -2.19. The topological polar surface area (TPSA) is 72.2 Å². The zero-order chi connectivity index (χ0) is 15.4. The number of nitrogens with two attached hydrogens (primary N) is 1. The maximum Gasteiger partial charge on any atom is 0.225 e. The van der Waals surface area contributed by atoms with Crippen molar-refractivity contribution >= 4 is 51.3 Å². The van der Waals surface area contributed by atoms with Gasteiger partial charge >= 0.3 is 0 Å². The second kappa shape index (κ2) is 7.47. The average Bonchev–Trinajstić information content (AvgIpc) is 2.94. The maximum atomic E-state index is 12.0. The molecule has 1 aromatic rings. The highest BCUT2D eigenvalue weighted by Crippen LogP contribution is 2.33. The molecule has 0 aliphatic heterocycles. The molecule has 1 aliphatic rings. The lowest BCUT2D eigenvalue weighted by Gasteiger charge is -2.11. The van der Waals surface area contributed by atoms with Gasteiger partial charge in [0.2, 0.25) is 5.91 Å². The van der Waals surface area contributed by atoms with Gasteiger partial charge in [0, 0.05) is 33.9 Å². The zero-order valence-corrected chi connectivity index (χ0v) is 13.9. The summed E-state index contributed by atoms with van der Waals surface area (Å²) in [5.41, 5.74) is 6.39. The SMILES string of the molecule is Nc1cc(Cl)c(NC(=O)CCS(=O)C2CCCC2)c(Cl)c1. The number of anilines is 2. The number of amides is 1. The highest BCUT2D eigenvalue weighted by molar-refractivity contribution is 7.85. The fraction of sp³-hybridized carbons (Fsp3) is 0.500. The van der Waals surface area contributed by atoms with Crippen LogP contribution < -0.4 is 11.1 Å². The van der Waals surface area contributed by atoms with Crippen molar-refractivity contribution in [3.8, 4) is 0 Å². The predicted octanol–water partition coefficient (Wildman–Crippen LogP) is 3.60. The molecule has 7 heteroatoms. The molecule has 116 valence electrons. The Morgan fingerprint density at radius 3 is 2.43 bits per heavy atom. The largest absolute Gasteiger partial charge is 0.399 e. The van der Waals surface area contributed by atoms with Gasteiger partial charge in [-0.2, -0.15) is 0 Å². The van der Waals surface area contributed by atoms with Gasteiger partial charge in [0.05, 0.1) is 15.7 Å². The molecule has 1 saturated carbocycles. The Morgan fingerprint density at radius 2 is 1.86 bits per heavy atom. The lowest BCUT2D eigenvalue weighted by atomic mass is 10.2. The Kier molecular flexibility index (Phi) is 5.90. The molecule has 2 rings (SSSR count). The molecule has 1 amide bonds. The molecule has 1 fully saturated rings. The summed E-state index contributed by atoms with van der Waals surface area (Å²) in [6.45, 7) is 0. The van der Waals surface area contributed by atoms with Crippen LogP contribution in [0.15, 0.2) is 12.1 Å². The molecule has 1 aliphatic carbocycles. The van der Waals surface area contributed by atoms with Gasteiger partial charge in [0.15, 0.2) is 0 Å². The van der Waals surface area contributed by atoms with Crippen LogP contribution in [0.2, 0.25) is 10.0 Å². The summed E-state index contributed by atoms with van der Waals surface area (Å²) in [4.78, 5) is 11.9. The normalized spacial score (nSPS) is 16.9. The molecule has 21 heavy (non-hydrogen) atoms. The summed E-state index contributed by atoms with van der Waals surface area (Å²) in [5, 5.41) is 3.50. The number of benzene rings is 1. The fourth-order valence-electron chi connectivity index (χ4n) is 2.43. The molecule has 0 aromatic heterocycles. The van der Waals surface area contributed by atoms with Gasteiger partial charge in [-0.25, -0.2) is 0 Å². The van der Waals surface area contributed by atoms with Crippen LogP contribution in [0.25, 0.3) is 0 Å². The summed E-state index contributed by atoms with van der Waals surface area (Å²) in [6.07, 6.45) is 4.48. The molecule has 1 unspecified atom stereocenters. The van der Waals surface area contributed by atoms with Gasteiger partial charge in [-0.3, -0.25) is 9.00 Å². The van der Waals surface area contributed by atoms with Crippen LogP contribution in [0.3, 0.4) is 0 Å². The zero-order valence-electron chi connectivity index (χ0n) is 11.5. The first-order valence-corrected chi connectivity index (χ1v) is 9.02. The standard InChI is InChI=1S/C14H18Cl2N2O2S/c15-11-7-9(17)8-12(16)14(11)18-13(19)5-6-21(20)10-3-1-2-4-10/h7-8,10H,1-6,17H2,(H,18,19). The van der Waals surface area contributed by atoms with Crippen molar-refractivity contribution in [3.05, 3.63) is 22.2 Å². The van der Waals surface area contributed by atoms with E-state index in [1.54, 1.807) is 0 Å². The third-order valence-corrected chi connectivity index (χ3v) is 5.95. The van der Waals surface area contributed by atoms with E-state index in [9.17, 15) is 9.00 Å². The molecule has 0 saturated heterocycles. The number of rotatable bonds is 5. The molecule has 3 N–H and O–H groups in total. The maximum absolute atomic E-state index is 12.0. The minimum atomic E-state index is -0.935. The highest BCUT2D eigenvalue weighted by atomic mass is 35.5. The first kappa shape index (κ1) is 16.6. The van der Waals surface area contributed by atoms with E-state index in [0.717, 1.165) is 25.7 Å². The quantitative estimate of drug-likeness (QED) is 0.798. The molecule has 4 nitrogen and oxygen atoms in total. The molecule has 1 aromatic carbocycles. The fourth-order valence-corrected chi connectivity index (χ4v) is 4.60. The Morgan fingerprint density at radius 1 is 1.29 bits per heavy atom. The number of hydrogen-bond donors (Lipinski definition) is 2. The lowest BCUT2D eigenvalue weighted by molar-refractivity contribution is -0.115. The minimum Gasteiger partial charge on any atom is -0.399 e. The van der Waals surface area contributed by atoms with Gasteiger partial charge in [-0.15, -0.1) is 0 Å². The van der Waals surface area contributed by atoms with Crippen molar-refractivity contribution in [1.82, 2.24) is 0 Å². The van der Waals surface area contributed by atoms with E-state index >= 15 is 0 Å². The van der Waals surface area contributed by atoms with Crippen molar-refractivity contribution < 1.29 is 9.00 Å². The Balaban J connectivity index is 1.88. The van der Waals surface area contributed by atoms with E-state index in [2.05, 4.69) is 5.32 Å². The number of carbonyl (C=O) groups excluding carboxylic acids is 1. The van der Waals surface area contributed by atoms with Gasteiger partial charge in [0.1, 0.15) is 0 Å². The van der Waals surface area contributed by atoms with Crippen molar-refractivity contribution in [3.63, 3.8) is 0 Å². The third kappa shape index (κ3) is 4.59. The third-order valence-electron chi connectivity index (χ3n) is 3.53. The number of nitrogens with one attached hydrogen (secondary N) is 1. The second-order valence-electron chi connectivity index (χ2n) is 5.15. The highest BCUT2D eigenvalue weighted by Gasteiger charge is 2.22. The van der Waals surface area contributed by atoms with Crippen LogP contribution >= 0.6 is 23.2 Å². The van der Waals surface area contributed by atoms with Crippen LogP contribution in [0.4, 0.5) is 11.4 Å². The van der Waals surface area contributed by atoms with Crippen molar-refractivity contribution in [2.24, 2.45) is 0 Å². The second-order valence-corrected chi connectivity index (χ2v) is 7.80. The van der Waals surface area contributed by atoms with Gasteiger partial charge in [0.25, 0.3) is 0 Å². The molecular weight excluding hydrogens is 331 g/mol. The van der Waals surface area contributed by atoms with Gasteiger partial charge < -0.3 is 11.1 Å². The molecular formula is C14H18Cl2N2O2S. The van der Waals surface area contributed by atoms with Crippen LogP contribution in [-0.4, -0.2) is 21.1 Å². The molecule has 0 heterocycles. The van der Waals surface area contributed by atoms with E-state index in [1.807, 2.05) is 0 Å². The van der Waals surface area contributed by atoms with Crippen LogP contribution in [-0.2, 0) is 15.6 Å².